The predicted octanol–water partition coefficient (Wildman–Crippen LogP) is 1.72. The van der Waals surface area contributed by atoms with E-state index in [9.17, 15) is 4.79 Å². The maximum absolute atomic E-state index is 11.3. The summed E-state index contributed by atoms with van der Waals surface area (Å²) in [4.78, 5) is 15.3. The van der Waals surface area contributed by atoms with E-state index in [1.807, 2.05) is 18.2 Å². The van der Waals surface area contributed by atoms with E-state index in [4.69, 9.17) is 10.00 Å². The monoisotopic (exact) mass is 218 g/mol. The number of carbonyl (C=O) groups is 1. The number of carbonyl (C=O) groups excluding carboxylic acids is 1. The highest BCUT2D eigenvalue weighted by Gasteiger charge is 2.18. The van der Waals surface area contributed by atoms with Crippen LogP contribution in [0, 0.1) is 17.2 Å². The van der Waals surface area contributed by atoms with E-state index < -0.39 is 11.9 Å². The number of esters is 1. The number of pyridine rings is 1. The zero-order valence-corrected chi connectivity index (χ0v) is 9.22. The number of hydrogen-bond donors (Lipinski definition) is 0. The fourth-order valence-electron chi connectivity index (χ4n) is 1.33. The van der Waals surface area contributed by atoms with Crippen LogP contribution >= 0.6 is 0 Å². The van der Waals surface area contributed by atoms with Crippen LogP contribution in [0.15, 0.2) is 24.5 Å². The van der Waals surface area contributed by atoms with Crippen molar-refractivity contribution in [2.45, 2.75) is 19.8 Å². The summed E-state index contributed by atoms with van der Waals surface area (Å²) in [7, 11) is 0. The third kappa shape index (κ3) is 3.70. The van der Waals surface area contributed by atoms with Crippen LogP contribution in [0.25, 0.3) is 0 Å². The molecule has 0 fully saturated rings. The van der Waals surface area contributed by atoms with Crippen LogP contribution < -0.4 is 0 Å². The fraction of sp³-hybridized carbons (Fsp3) is 0.417. The van der Waals surface area contributed by atoms with Crippen molar-refractivity contribution in [1.29, 1.82) is 5.26 Å². The summed E-state index contributed by atoms with van der Waals surface area (Å²) in [6.07, 6.45) is 4.56. The fourth-order valence-corrected chi connectivity index (χ4v) is 1.33. The Balaban J connectivity index is 2.47. The Bertz CT molecular complexity index is 370. The second kappa shape index (κ2) is 6.57. The highest BCUT2D eigenvalue weighted by Crippen LogP contribution is 2.10. The van der Waals surface area contributed by atoms with Gasteiger partial charge >= 0.3 is 5.97 Å². The summed E-state index contributed by atoms with van der Waals surface area (Å²) in [5.41, 5.74) is 1.02. The molecule has 0 saturated carbocycles. The van der Waals surface area contributed by atoms with Crippen molar-refractivity contribution in [1.82, 2.24) is 4.98 Å². The van der Waals surface area contributed by atoms with Gasteiger partial charge in [0.05, 0.1) is 12.7 Å². The zero-order valence-electron chi connectivity index (χ0n) is 9.22. The van der Waals surface area contributed by atoms with Gasteiger partial charge in [0, 0.05) is 12.4 Å². The maximum Gasteiger partial charge on any atom is 0.323 e. The van der Waals surface area contributed by atoms with Gasteiger partial charge in [0.15, 0.2) is 0 Å². The minimum atomic E-state index is -0.680. The number of ether oxygens (including phenoxy) is 1. The van der Waals surface area contributed by atoms with E-state index in [1.165, 1.54) is 0 Å². The quantitative estimate of drug-likeness (QED) is 0.706. The first-order valence-electron chi connectivity index (χ1n) is 5.23. The number of nitriles is 1. The summed E-state index contributed by atoms with van der Waals surface area (Å²) in [6.45, 7) is 2.04. The van der Waals surface area contributed by atoms with Crippen molar-refractivity contribution in [3.8, 4) is 6.07 Å². The summed E-state index contributed by atoms with van der Waals surface area (Å²) < 4.78 is 4.81. The van der Waals surface area contributed by atoms with E-state index in [1.54, 1.807) is 19.3 Å². The molecule has 4 nitrogen and oxygen atoms in total. The van der Waals surface area contributed by atoms with Gasteiger partial charge in [-0.25, -0.2) is 0 Å². The molecule has 1 heterocycles. The molecule has 0 N–H and O–H groups in total. The predicted molar refractivity (Wildman–Crippen MR) is 58.3 cm³/mol. The van der Waals surface area contributed by atoms with Crippen molar-refractivity contribution in [2.75, 3.05) is 6.61 Å². The van der Waals surface area contributed by atoms with Crippen molar-refractivity contribution in [3.63, 3.8) is 0 Å². The second-order valence-electron chi connectivity index (χ2n) is 3.33. The minimum Gasteiger partial charge on any atom is -0.465 e. The third-order valence-corrected chi connectivity index (χ3v) is 2.17. The SMILES string of the molecule is CCOC(=O)C(C#N)CCc1cccnc1. The molecule has 16 heavy (non-hydrogen) atoms. The molecule has 1 rings (SSSR count). The van der Waals surface area contributed by atoms with E-state index in [0.717, 1.165) is 5.56 Å². The Kier molecular flexibility index (Phi) is 5.00. The number of aromatic nitrogens is 1. The molecule has 0 radical (unpaired) electrons. The summed E-state index contributed by atoms with van der Waals surface area (Å²) in [6, 6.07) is 5.72. The average molecular weight is 218 g/mol. The number of nitrogens with zero attached hydrogens (tertiary/aromatic N) is 2. The standard InChI is InChI=1S/C12H14N2O2/c1-2-16-12(15)11(8-13)6-5-10-4-3-7-14-9-10/h3-4,7,9,11H,2,5-6H2,1H3. The maximum atomic E-state index is 11.3. The molecular formula is C12H14N2O2. The van der Waals surface area contributed by atoms with Gasteiger partial charge in [-0.15, -0.1) is 0 Å². The zero-order chi connectivity index (χ0) is 11.8. The molecule has 84 valence electrons. The minimum absolute atomic E-state index is 0.309. The Morgan fingerprint density at radius 1 is 1.69 bits per heavy atom. The van der Waals surface area contributed by atoms with Crippen LogP contribution in [0.5, 0.6) is 0 Å². The van der Waals surface area contributed by atoms with Crippen LogP contribution in [-0.2, 0) is 16.0 Å². The second-order valence-corrected chi connectivity index (χ2v) is 3.33. The van der Waals surface area contributed by atoms with Gasteiger partial charge in [-0.1, -0.05) is 6.07 Å². The summed E-state index contributed by atoms with van der Waals surface area (Å²) >= 11 is 0. The summed E-state index contributed by atoms with van der Waals surface area (Å²) in [5, 5.41) is 8.83. The summed E-state index contributed by atoms with van der Waals surface area (Å²) in [5.74, 6) is -1.12. The number of rotatable bonds is 5. The van der Waals surface area contributed by atoms with E-state index in [2.05, 4.69) is 4.98 Å². The van der Waals surface area contributed by atoms with Gasteiger partial charge in [0.1, 0.15) is 5.92 Å². The molecule has 1 aromatic rings. The van der Waals surface area contributed by atoms with Gasteiger partial charge in [0.25, 0.3) is 0 Å². The lowest BCUT2D eigenvalue weighted by Gasteiger charge is -2.07. The molecule has 1 aromatic heterocycles. The molecule has 4 heteroatoms. The molecule has 0 aliphatic rings. The highest BCUT2D eigenvalue weighted by atomic mass is 16.5. The smallest absolute Gasteiger partial charge is 0.323 e. The average Bonchev–Trinajstić information content (AvgIpc) is 2.31. The molecule has 1 atom stereocenters. The Morgan fingerprint density at radius 3 is 3.06 bits per heavy atom. The Morgan fingerprint density at radius 2 is 2.50 bits per heavy atom. The molecule has 0 bridgehead atoms. The molecule has 0 amide bonds. The van der Waals surface area contributed by atoms with Crippen LogP contribution in [0.3, 0.4) is 0 Å². The molecule has 0 aliphatic carbocycles. The lowest BCUT2D eigenvalue weighted by atomic mass is 10.0. The van der Waals surface area contributed by atoms with Crippen molar-refractivity contribution >= 4 is 5.97 Å². The first kappa shape index (κ1) is 12.2. The molecule has 0 spiro atoms. The molecule has 0 aliphatic heterocycles. The van der Waals surface area contributed by atoms with E-state index in [-0.39, 0.29) is 0 Å². The van der Waals surface area contributed by atoms with Gasteiger partial charge in [-0.05, 0) is 31.4 Å². The van der Waals surface area contributed by atoms with E-state index in [0.29, 0.717) is 19.4 Å². The van der Waals surface area contributed by atoms with Crippen molar-refractivity contribution in [2.24, 2.45) is 5.92 Å². The van der Waals surface area contributed by atoms with Crippen LogP contribution in [0.2, 0.25) is 0 Å². The Labute approximate surface area is 94.9 Å². The van der Waals surface area contributed by atoms with Crippen molar-refractivity contribution < 1.29 is 9.53 Å². The lowest BCUT2D eigenvalue weighted by molar-refractivity contribution is -0.146. The molecule has 0 saturated heterocycles. The lowest BCUT2D eigenvalue weighted by Crippen LogP contribution is -2.16. The van der Waals surface area contributed by atoms with Gasteiger partial charge in [0.2, 0.25) is 0 Å². The number of hydrogen-bond acceptors (Lipinski definition) is 4. The molecule has 0 aromatic carbocycles. The van der Waals surface area contributed by atoms with Crippen LogP contribution in [0.1, 0.15) is 18.9 Å². The van der Waals surface area contributed by atoms with Crippen molar-refractivity contribution in [3.05, 3.63) is 30.1 Å². The normalized spacial score (nSPS) is 11.5. The first-order valence-corrected chi connectivity index (χ1v) is 5.23. The Hall–Kier alpha value is -1.89. The van der Waals surface area contributed by atoms with Gasteiger partial charge < -0.3 is 4.74 Å². The highest BCUT2D eigenvalue weighted by molar-refractivity contribution is 5.75. The van der Waals surface area contributed by atoms with Gasteiger partial charge in [-0.3, -0.25) is 9.78 Å². The third-order valence-electron chi connectivity index (χ3n) is 2.17. The first-order chi connectivity index (χ1) is 7.77. The number of aryl methyl sites for hydroxylation is 1. The van der Waals surface area contributed by atoms with Gasteiger partial charge in [-0.2, -0.15) is 5.26 Å². The molecular weight excluding hydrogens is 204 g/mol. The largest absolute Gasteiger partial charge is 0.465 e. The van der Waals surface area contributed by atoms with Crippen LogP contribution in [0.4, 0.5) is 0 Å². The van der Waals surface area contributed by atoms with Crippen LogP contribution in [-0.4, -0.2) is 17.6 Å². The topological polar surface area (TPSA) is 63.0 Å². The molecule has 1 unspecified atom stereocenters. The van der Waals surface area contributed by atoms with E-state index >= 15 is 0 Å².